The predicted molar refractivity (Wildman–Crippen MR) is 154 cm³/mol. The highest BCUT2D eigenvalue weighted by molar-refractivity contribution is 7.17. The molecule has 2 aromatic heterocycles. The van der Waals surface area contributed by atoms with Gasteiger partial charge in [-0.2, -0.15) is 15.0 Å². The van der Waals surface area contributed by atoms with Crippen molar-refractivity contribution in [1.29, 1.82) is 0 Å². The van der Waals surface area contributed by atoms with Crippen molar-refractivity contribution in [2.24, 2.45) is 0 Å². The van der Waals surface area contributed by atoms with E-state index in [1.54, 1.807) is 31.1 Å². The smallest absolute Gasteiger partial charge is 0.319 e. The topological polar surface area (TPSA) is 161 Å². The number of hydrazine groups is 1. The first-order valence-electron chi connectivity index (χ1n) is 12.1. The summed E-state index contributed by atoms with van der Waals surface area (Å²) in [6.45, 7) is 7.21. The van der Waals surface area contributed by atoms with E-state index >= 15 is 0 Å². The van der Waals surface area contributed by atoms with Crippen LogP contribution in [0, 0.1) is 6.92 Å². The third-order valence-corrected chi connectivity index (χ3v) is 6.96. The van der Waals surface area contributed by atoms with Gasteiger partial charge in [0.25, 0.3) is 11.8 Å². The van der Waals surface area contributed by atoms with Gasteiger partial charge in [0.05, 0.1) is 16.9 Å². The third-order valence-electron chi connectivity index (χ3n) is 5.73. The number of aromatic nitrogens is 4. The first kappa shape index (κ1) is 28.5. The number of anilines is 5. The zero-order valence-corrected chi connectivity index (χ0v) is 23.6. The average Bonchev–Trinajstić information content (AvgIpc) is 3.41. The molecule has 1 aliphatic rings. The van der Waals surface area contributed by atoms with Gasteiger partial charge in [-0.1, -0.05) is 41.6 Å². The molecule has 210 valence electrons. The lowest BCUT2D eigenvalue weighted by molar-refractivity contribution is -0.116. The van der Waals surface area contributed by atoms with Crippen LogP contribution in [0.1, 0.15) is 15.2 Å². The molecule has 1 fully saturated rings. The van der Waals surface area contributed by atoms with Crippen LogP contribution in [0.2, 0.25) is 5.02 Å². The first-order chi connectivity index (χ1) is 19.1. The number of nitrogens with zero attached hydrogens (tertiary/aromatic N) is 7. The van der Waals surface area contributed by atoms with Crippen molar-refractivity contribution in [3.05, 3.63) is 52.5 Å². The quantitative estimate of drug-likeness (QED) is 0.228. The van der Waals surface area contributed by atoms with Crippen LogP contribution in [0.25, 0.3) is 0 Å². The number of carbonyl (C=O) groups excluding carboxylic acids is 3. The fourth-order valence-corrected chi connectivity index (χ4v) is 4.64. The Labute approximate surface area is 239 Å². The van der Waals surface area contributed by atoms with Crippen LogP contribution >= 0.6 is 22.9 Å². The van der Waals surface area contributed by atoms with Gasteiger partial charge in [0.15, 0.2) is 5.13 Å². The zero-order chi connectivity index (χ0) is 28.8. The summed E-state index contributed by atoms with van der Waals surface area (Å²) in [4.78, 5) is 59.8. The molecule has 1 aliphatic heterocycles. The third kappa shape index (κ3) is 6.92. The van der Waals surface area contributed by atoms with Gasteiger partial charge >= 0.3 is 6.03 Å². The lowest BCUT2D eigenvalue weighted by Crippen LogP contribution is -2.52. The number of amides is 4. The second-order valence-corrected chi connectivity index (χ2v) is 10.2. The minimum atomic E-state index is -0.475. The molecule has 1 saturated heterocycles. The fraction of sp³-hybridized carbons (Fsp3) is 0.292. The van der Waals surface area contributed by atoms with Crippen LogP contribution in [0.5, 0.6) is 0 Å². The molecule has 16 heteroatoms. The number of para-hydroxylation sites is 1. The highest BCUT2D eigenvalue weighted by Gasteiger charge is 2.25. The molecule has 0 radical (unpaired) electrons. The number of piperazine rings is 1. The van der Waals surface area contributed by atoms with Gasteiger partial charge < -0.3 is 20.0 Å². The summed E-state index contributed by atoms with van der Waals surface area (Å²) < 4.78 is 0. The number of rotatable bonds is 8. The van der Waals surface area contributed by atoms with E-state index in [2.05, 4.69) is 48.0 Å². The highest BCUT2D eigenvalue weighted by Crippen LogP contribution is 2.28. The van der Waals surface area contributed by atoms with E-state index < -0.39 is 5.91 Å². The number of urea groups is 1. The minimum absolute atomic E-state index is 0.0678. The normalized spacial score (nSPS) is 12.9. The maximum atomic E-state index is 12.8. The van der Waals surface area contributed by atoms with Gasteiger partial charge in [-0.3, -0.25) is 25.8 Å². The van der Waals surface area contributed by atoms with Crippen molar-refractivity contribution in [2.75, 3.05) is 61.2 Å². The summed E-state index contributed by atoms with van der Waals surface area (Å²) in [5.74, 6) is -0.309. The number of aryl methyl sites for hydroxylation is 1. The second-order valence-electron chi connectivity index (χ2n) is 8.79. The van der Waals surface area contributed by atoms with E-state index in [1.165, 1.54) is 11.1 Å². The van der Waals surface area contributed by atoms with Crippen molar-refractivity contribution < 1.29 is 14.4 Å². The van der Waals surface area contributed by atoms with Gasteiger partial charge in [-0.05, 0) is 24.6 Å². The minimum Gasteiger partial charge on any atom is -0.337 e. The maximum absolute atomic E-state index is 12.8. The van der Waals surface area contributed by atoms with Gasteiger partial charge in [0, 0.05) is 40.3 Å². The zero-order valence-electron chi connectivity index (χ0n) is 22.1. The fourth-order valence-electron chi connectivity index (χ4n) is 3.66. The Bertz CT molecular complexity index is 1400. The molecule has 0 spiro atoms. The molecule has 0 saturated carbocycles. The van der Waals surface area contributed by atoms with E-state index in [0.717, 1.165) is 23.0 Å². The molecule has 1 aromatic carbocycles. The number of hydrogen-bond acceptors (Lipinski definition) is 11. The van der Waals surface area contributed by atoms with Crippen molar-refractivity contribution in [1.82, 2.24) is 35.2 Å². The lowest BCUT2D eigenvalue weighted by atomic mass is 10.2. The van der Waals surface area contributed by atoms with Gasteiger partial charge in [-0.15, -0.1) is 0 Å². The van der Waals surface area contributed by atoms with E-state index in [4.69, 9.17) is 11.6 Å². The Morgan fingerprint density at radius 3 is 2.50 bits per heavy atom. The second kappa shape index (κ2) is 12.6. The molecule has 0 bridgehead atoms. The maximum Gasteiger partial charge on any atom is 0.319 e. The van der Waals surface area contributed by atoms with Crippen LogP contribution in [-0.4, -0.2) is 87.9 Å². The molecular weight excluding hydrogens is 558 g/mol. The molecular formula is C24H28ClN11O3S. The number of halogens is 1. The number of thiazole rings is 1. The SMILES string of the molecule is C=CC(=O)NNc1nc(Nc2ncc(C(=O)Nc3c(C)cccc3Cl)s2)nc(N2CCN(C(=O)N(C)C)CC2)n1. The molecule has 14 nitrogen and oxygen atoms in total. The highest BCUT2D eigenvalue weighted by atomic mass is 35.5. The molecule has 0 aliphatic carbocycles. The molecule has 4 amide bonds. The monoisotopic (exact) mass is 585 g/mol. The molecule has 40 heavy (non-hydrogen) atoms. The van der Waals surface area contributed by atoms with Crippen LogP contribution in [0.4, 0.5) is 33.5 Å². The number of carbonyl (C=O) groups is 3. The van der Waals surface area contributed by atoms with Gasteiger partial charge in [0.1, 0.15) is 4.88 Å². The molecule has 3 aromatic rings. The van der Waals surface area contributed by atoms with Crippen LogP contribution in [0.15, 0.2) is 37.1 Å². The largest absolute Gasteiger partial charge is 0.337 e. The predicted octanol–water partition coefficient (Wildman–Crippen LogP) is 2.72. The Kier molecular flexibility index (Phi) is 8.96. The Morgan fingerprint density at radius 1 is 1.10 bits per heavy atom. The Balaban J connectivity index is 1.51. The van der Waals surface area contributed by atoms with Crippen LogP contribution < -0.4 is 26.4 Å². The number of benzene rings is 1. The molecule has 0 unspecified atom stereocenters. The van der Waals surface area contributed by atoms with Crippen molar-refractivity contribution in [3.63, 3.8) is 0 Å². The van der Waals surface area contributed by atoms with Crippen molar-refractivity contribution >= 4 is 69.4 Å². The van der Waals surface area contributed by atoms with Crippen LogP contribution in [0.3, 0.4) is 0 Å². The Morgan fingerprint density at radius 2 is 1.82 bits per heavy atom. The molecule has 4 N–H and O–H groups in total. The lowest BCUT2D eigenvalue weighted by Gasteiger charge is -2.36. The van der Waals surface area contributed by atoms with Crippen molar-refractivity contribution in [2.45, 2.75) is 6.92 Å². The first-order valence-corrected chi connectivity index (χ1v) is 13.3. The number of nitrogens with one attached hydrogen (secondary N) is 4. The van der Waals surface area contributed by atoms with E-state index in [0.29, 0.717) is 52.8 Å². The summed E-state index contributed by atoms with van der Waals surface area (Å²) in [6, 6.07) is 5.29. The summed E-state index contributed by atoms with van der Waals surface area (Å²) in [7, 11) is 3.42. The Hall–Kier alpha value is -4.50. The summed E-state index contributed by atoms with van der Waals surface area (Å²) in [5.41, 5.74) is 6.42. The molecule has 0 atom stereocenters. The molecule has 4 rings (SSSR count). The summed E-state index contributed by atoms with van der Waals surface area (Å²) in [5, 5.41) is 6.61. The van der Waals surface area contributed by atoms with E-state index in [-0.39, 0.29) is 23.8 Å². The molecule has 3 heterocycles. The standard InChI is InChI=1S/C24H28ClN11O3S/c1-5-17(37)32-33-21-28-20(29-22(30-21)35-9-11-36(12-10-35)24(39)34(3)4)31-23-26-13-16(40-23)19(38)27-18-14(2)7-6-8-15(18)25/h5-8,13H,1,9-12H2,2-4H3,(H,27,38)(H,32,37)(H2,26,28,29,30,31,33). The van der Waals surface area contributed by atoms with Gasteiger partial charge in [-0.25, -0.2) is 9.78 Å². The van der Waals surface area contributed by atoms with Gasteiger partial charge in [0.2, 0.25) is 17.8 Å². The number of hydrogen-bond donors (Lipinski definition) is 4. The van der Waals surface area contributed by atoms with E-state index in [9.17, 15) is 14.4 Å². The summed E-state index contributed by atoms with van der Waals surface area (Å²) >= 11 is 7.33. The van der Waals surface area contributed by atoms with Crippen LogP contribution in [-0.2, 0) is 4.79 Å². The average molecular weight is 586 g/mol. The van der Waals surface area contributed by atoms with Crippen molar-refractivity contribution in [3.8, 4) is 0 Å². The van der Waals surface area contributed by atoms with E-state index in [1.807, 2.05) is 17.9 Å². The summed E-state index contributed by atoms with van der Waals surface area (Å²) in [6.07, 6.45) is 2.53.